The van der Waals surface area contributed by atoms with Crippen LogP contribution in [0.2, 0.25) is 0 Å². The van der Waals surface area contributed by atoms with Gasteiger partial charge in [0.25, 0.3) is 15.9 Å². The maximum atomic E-state index is 12.8. The zero-order valence-electron chi connectivity index (χ0n) is 17.7. The zero-order valence-corrected chi connectivity index (χ0v) is 21.7. The van der Waals surface area contributed by atoms with E-state index in [0.717, 1.165) is 25.6 Å². The molecular formula is C23H22Br2N2O4S. The second-order valence-electron chi connectivity index (χ2n) is 7.27. The van der Waals surface area contributed by atoms with Crippen LogP contribution >= 0.6 is 31.9 Å². The van der Waals surface area contributed by atoms with Crippen LogP contribution in [0.5, 0.6) is 5.75 Å². The van der Waals surface area contributed by atoms with Crippen LogP contribution in [0.25, 0.3) is 0 Å². The molecule has 9 heteroatoms. The lowest BCUT2D eigenvalue weighted by atomic mass is 10.1. The molecule has 32 heavy (non-hydrogen) atoms. The molecule has 6 nitrogen and oxygen atoms in total. The molecule has 0 aliphatic heterocycles. The van der Waals surface area contributed by atoms with Crippen molar-refractivity contribution < 1.29 is 17.9 Å². The van der Waals surface area contributed by atoms with E-state index in [1.54, 1.807) is 0 Å². The molecule has 0 aliphatic carbocycles. The van der Waals surface area contributed by atoms with E-state index >= 15 is 0 Å². The van der Waals surface area contributed by atoms with Gasteiger partial charge in [0.05, 0.1) is 15.1 Å². The second kappa shape index (κ2) is 10.1. The zero-order chi connectivity index (χ0) is 23.5. The Morgan fingerprint density at radius 3 is 2.16 bits per heavy atom. The minimum atomic E-state index is -3.76. The molecule has 0 saturated heterocycles. The van der Waals surface area contributed by atoms with E-state index in [4.69, 9.17) is 4.74 Å². The predicted molar refractivity (Wildman–Crippen MR) is 134 cm³/mol. The number of para-hydroxylation sites is 1. The van der Waals surface area contributed by atoms with Crippen LogP contribution in [0.3, 0.4) is 0 Å². The Morgan fingerprint density at radius 1 is 0.938 bits per heavy atom. The highest BCUT2D eigenvalue weighted by Crippen LogP contribution is 2.32. The van der Waals surface area contributed by atoms with Gasteiger partial charge in [-0.05, 0) is 89.8 Å². The summed E-state index contributed by atoms with van der Waals surface area (Å²) < 4.78 is 35.4. The Labute approximate surface area is 204 Å². The summed E-state index contributed by atoms with van der Waals surface area (Å²) in [6.45, 7) is 5.39. The Balaban J connectivity index is 1.65. The minimum absolute atomic E-state index is 0.101. The van der Waals surface area contributed by atoms with Crippen molar-refractivity contribution in [3.63, 3.8) is 0 Å². The molecule has 0 unspecified atom stereocenters. The van der Waals surface area contributed by atoms with Gasteiger partial charge in [0.2, 0.25) is 0 Å². The maximum Gasteiger partial charge on any atom is 0.262 e. The molecule has 0 bridgehead atoms. The quantitative estimate of drug-likeness (QED) is 0.361. The van der Waals surface area contributed by atoms with Gasteiger partial charge in [0, 0.05) is 10.2 Å². The number of halogens is 2. The topological polar surface area (TPSA) is 84.5 Å². The van der Waals surface area contributed by atoms with Crippen LogP contribution in [-0.4, -0.2) is 20.9 Å². The molecule has 3 rings (SSSR count). The Kier molecular flexibility index (Phi) is 7.63. The molecule has 0 heterocycles. The molecule has 3 aromatic carbocycles. The Hall–Kier alpha value is -2.36. The van der Waals surface area contributed by atoms with Gasteiger partial charge in [-0.1, -0.05) is 34.1 Å². The third-order valence-electron chi connectivity index (χ3n) is 4.71. The molecular weight excluding hydrogens is 560 g/mol. The summed E-state index contributed by atoms with van der Waals surface area (Å²) in [5, 5.41) is 2.71. The van der Waals surface area contributed by atoms with E-state index in [1.807, 2.05) is 51.1 Å². The van der Waals surface area contributed by atoms with Gasteiger partial charge in [0.1, 0.15) is 5.75 Å². The molecule has 2 N–H and O–H groups in total. The maximum absolute atomic E-state index is 12.8. The molecule has 0 spiro atoms. The number of benzene rings is 3. The van der Waals surface area contributed by atoms with Gasteiger partial charge in [-0.25, -0.2) is 8.42 Å². The van der Waals surface area contributed by atoms with Crippen LogP contribution in [0.15, 0.2) is 68.4 Å². The van der Waals surface area contributed by atoms with Gasteiger partial charge < -0.3 is 10.1 Å². The predicted octanol–water partition coefficient (Wildman–Crippen LogP) is 5.96. The van der Waals surface area contributed by atoms with E-state index in [-0.39, 0.29) is 17.4 Å². The molecule has 0 saturated carbocycles. The van der Waals surface area contributed by atoms with Crippen LogP contribution < -0.4 is 14.8 Å². The monoisotopic (exact) mass is 580 g/mol. The number of rotatable bonds is 7. The van der Waals surface area contributed by atoms with Gasteiger partial charge in [-0.3, -0.25) is 9.52 Å². The van der Waals surface area contributed by atoms with E-state index in [1.165, 1.54) is 24.3 Å². The second-order valence-corrected chi connectivity index (χ2v) is 10.7. The van der Waals surface area contributed by atoms with Gasteiger partial charge in [-0.15, -0.1) is 0 Å². The van der Waals surface area contributed by atoms with Crippen LogP contribution in [0.1, 0.15) is 16.7 Å². The lowest BCUT2D eigenvalue weighted by molar-refractivity contribution is -0.118. The Bertz CT molecular complexity index is 1220. The van der Waals surface area contributed by atoms with Crippen LogP contribution in [0.4, 0.5) is 11.4 Å². The van der Waals surface area contributed by atoms with Crippen molar-refractivity contribution in [1.29, 1.82) is 0 Å². The van der Waals surface area contributed by atoms with Crippen molar-refractivity contribution >= 4 is 59.2 Å². The first-order chi connectivity index (χ1) is 15.1. The molecule has 0 aliphatic rings. The number of sulfonamides is 1. The van der Waals surface area contributed by atoms with E-state index < -0.39 is 10.0 Å². The minimum Gasteiger partial charge on any atom is -0.482 e. The summed E-state index contributed by atoms with van der Waals surface area (Å²) in [5.41, 5.74) is 3.59. The number of ether oxygens (including phenoxy) is 1. The van der Waals surface area contributed by atoms with Gasteiger partial charge in [0.15, 0.2) is 6.61 Å². The highest BCUT2D eigenvalue weighted by Gasteiger charge is 2.17. The molecule has 1 amide bonds. The van der Waals surface area contributed by atoms with Crippen molar-refractivity contribution in [2.45, 2.75) is 25.7 Å². The normalized spacial score (nSPS) is 11.2. The number of carbonyl (C=O) groups excluding carboxylic acids is 1. The summed E-state index contributed by atoms with van der Waals surface area (Å²) in [6, 6.07) is 15.3. The average Bonchev–Trinajstić information content (AvgIpc) is 2.70. The number of carbonyl (C=O) groups is 1. The molecule has 168 valence electrons. The lowest BCUT2D eigenvalue weighted by Crippen LogP contribution is -2.20. The number of hydrogen-bond acceptors (Lipinski definition) is 4. The number of hydrogen-bond donors (Lipinski definition) is 2. The largest absolute Gasteiger partial charge is 0.482 e. The smallest absolute Gasteiger partial charge is 0.262 e. The molecule has 3 aromatic rings. The average molecular weight is 582 g/mol. The van der Waals surface area contributed by atoms with Crippen molar-refractivity contribution in [3.05, 3.63) is 80.2 Å². The standard InChI is InChI=1S/C23H22Br2N2O4S/c1-14-5-4-6-15(2)22(14)27-32(29,30)19-9-7-18(8-10-19)26-21(28)13-31-23-16(3)11-17(24)12-20(23)25/h4-12,27H,13H2,1-3H3,(H,26,28). The van der Waals surface area contributed by atoms with Crippen LogP contribution in [-0.2, 0) is 14.8 Å². The van der Waals surface area contributed by atoms with Crippen molar-refractivity contribution in [1.82, 2.24) is 0 Å². The van der Waals surface area contributed by atoms with Gasteiger partial charge >= 0.3 is 0 Å². The molecule has 0 aromatic heterocycles. The summed E-state index contributed by atoms with van der Waals surface area (Å²) >= 11 is 6.83. The fourth-order valence-electron chi connectivity index (χ4n) is 3.09. The number of aryl methyl sites for hydroxylation is 3. The number of amides is 1. The Morgan fingerprint density at radius 2 is 1.56 bits per heavy atom. The third-order valence-corrected chi connectivity index (χ3v) is 7.12. The van der Waals surface area contributed by atoms with Crippen molar-refractivity contribution in [2.24, 2.45) is 0 Å². The summed E-state index contributed by atoms with van der Waals surface area (Å²) in [7, 11) is -3.76. The molecule has 0 fully saturated rings. The first kappa shape index (κ1) is 24.3. The van der Waals surface area contributed by atoms with E-state index in [0.29, 0.717) is 17.1 Å². The number of nitrogens with one attached hydrogen (secondary N) is 2. The number of anilines is 2. The fraction of sp³-hybridized carbons (Fsp3) is 0.174. The fourth-order valence-corrected chi connectivity index (χ4v) is 5.85. The first-order valence-corrected chi connectivity index (χ1v) is 12.7. The third kappa shape index (κ3) is 5.90. The summed E-state index contributed by atoms with van der Waals surface area (Å²) in [6.07, 6.45) is 0. The van der Waals surface area contributed by atoms with Crippen molar-refractivity contribution in [2.75, 3.05) is 16.6 Å². The van der Waals surface area contributed by atoms with Gasteiger partial charge in [-0.2, -0.15) is 0 Å². The SMILES string of the molecule is Cc1cccc(C)c1NS(=O)(=O)c1ccc(NC(=O)COc2c(C)cc(Br)cc2Br)cc1. The molecule has 0 radical (unpaired) electrons. The first-order valence-electron chi connectivity index (χ1n) is 9.64. The summed E-state index contributed by atoms with van der Waals surface area (Å²) in [5.74, 6) is 0.228. The highest BCUT2D eigenvalue weighted by molar-refractivity contribution is 9.11. The lowest BCUT2D eigenvalue weighted by Gasteiger charge is -2.14. The molecule has 0 atom stereocenters. The van der Waals surface area contributed by atoms with E-state index in [2.05, 4.69) is 41.9 Å². The van der Waals surface area contributed by atoms with Crippen molar-refractivity contribution in [3.8, 4) is 5.75 Å². The van der Waals surface area contributed by atoms with E-state index in [9.17, 15) is 13.2 Å². The summed E-state index contributed by atoms with van der Waals surface area (Å²) in [4.78, 5) is 12.4. The highest BCUT2D eigenvalue weighted by atomic mass is 79.9. The van der Waals surface area contributed by atoms with Crippen LogP contribution in [0, 0.1) is 20.8 Å².